The van der Waals surface area contributed by atoms with Gasteiger partial charge in [-0.05, 0) is 59.4 Å². The lowest BCUT2D eigenvalue weighted by molar-refractivity contribution is -0.121. The van der Waals surface area contributed by atoms with Crippen LogP contribution in [0.3, 0.4) is 0 Å². The van der Waals surface area contributed by atoms with Crippen molar-refractivity contribution < 1.29 is 4.79 Å². The third-order valence-corrected chi connectivity index (χ3v) is 4.25. The van der Waals surface area contributed by atoms with E-state index in [9.17, 15) is 4.79 Å². The van der Waals surface area contributed by atoms with Gasteiger partial charge in [0.15, 0.2) is 0 Å². The van der Waals surface area contributed by atoms with E-state index in [1.165, 1.54) is 0 Å². The lowest BCUT2D eigenvalue weighted by Gasteiger charge is -2.06. The van der Waals surface area contributed by atoms with Gasteiger partial charge in [0.05, 0.1) is 5.02 Å². The molecule has 1 saturated carbocycles. The third-order valence-electron chi connectivity index (χ3n) is 3.01. The summed E-state index contributed by atoms with van der Waals surface area (Å²) in [4.78, 5) is 11.4. The first-order valence-electron chi connectivity index (χ1n) is 6.59. The van der Waals surface area contributed by atoms with Crippen molar-refractivity contribution in [1.82, 2.24) is 10.6 Å². The molecule has 19 heavy (non-hydrogen) atoms. The highest BCUT2D eigenvalue weighted by Gasteiger charge is 2.22. The number of benzene rings is 1. The quantitative estimate of drug-likeness (QED) is 0.745. The standard InChI is InChI=1S/C14H18BrClN2O/c15-12-6-3-10(8-13(12)16)9-17-7-1-2-14(19)18-11-4-5-11/h3,6,8,11,17H,1-2,4-5,7,9H2,(H,18,19). The molecule has 1 aliphatic rings. The highest BCUT2D eigenvalue weighted by molar-refractivity contribution is 9.10. The van der Waals surface area contributed by atoms with Crippen molar-refractivity contribution in [2.24, 2.45) is 0 Å². The van der Waals surface area contributed by atoms with E-state index in [0.29, 0.717) is 12.5 Å². The first-order valence-corrected chi connectivity index (χ1v) is 7.76. The minimum absolute atomic E-state index is 0.177. The number of carbonyl (C=O) groups is 1. The number of amides is 1. The predicted molar refractivity (Wildman–Crippen MR) is 81.3 cm³/mol. The van der Waals surface area contributed by atoms with Crippen LogP contribution in [0, 0.1) is 0 Å². The van der Waals surface area contributed by atoms with Crippen molar-refractivity contribution in [2.75, 3.05) is 6.54 Å². The molecule has 1 aliphatic carbocycles. The molecule has 0 aromatic heterocycles. The second-order valence-corrected chi connectivity index (χ2v) is 6.13. The third kappa shape index (κ3) is 5.51. The molecule has 1 aromatic rings. The number of nitrogens with one attached hydrogen (secondary N) is 2. The van der Waals surface area contributed by atoms with Crippen LogP contribution in [-0.2, 0) is 11.3 Å². The van der Waals surface area contributed by atoms with Gasteiger partial charge < -0.3 is 10.6 Å². The van der Waals surface area contributed by atoms with E-state index >= 15 is 0 Å². The summed E-state index contributed by atoms with van der Waals surface area (Å²) in [5.74, 6) is 0.177. The van der Waals surface area contributed by atoms with Crippen molar-refractivity contribution in [3.05, 3.63) is 33.3 Å². The summed E-state index contributed by atoms with van der Waals surface area (Å²) in [6, 6.07) is 6.38. The van der Waals surface area contributed by atoms with E-state index in [1.807, 2.05) is 18.2 Å². The van der Waals surface area contributed by atoms with Crippen LogP contribution in [0.5, 0.6) is 0 Å². The van der Waals surface area contributed by atoms with Crippen LogP contribution in [0.15, 0.2) is 22.7 Å². The van der Waals surface area contributed by atoms with Gasteiger partial charge in [-0.2, -0.15) is 0 Å². The van der Waals surface area contributed by atoms with Crippen LogP contribution in [0.2, 0.25) is 5.02 Å². The van der Waals surface area contributed by atoms with Crippen LogP contribution in [0.4, 0.5) is 0 Å². The van der Waals surface area contributed by atoms with E-state index in [0.717, 1.165) is 47.4 Å². The summed E-state index contributed by atoms with van der Waals surface area (Å²) in [6.45, 7) is 1.61. The Kier molecular flexibility index (Phi) is 5.67. The molecule has 2 rings (SSSR count). The summed E-state index contributed by atoms with van der Waals surface area (Å²) >= 11 is 9.39. The molecule has 104 valence electrons. The Hall–Kier alpha value is -0.580. The summed E-state index contributed by atoms with van der Waals surface area (Å²) in [5.41, 5.74) is 1.15. The van der Waals surface area contributed by atoms with E-state index in [1.54, 1.807) is 0 Å². The number of hydrogen-bond donors (Lipinski definition) is 2. The molecule has 0 bridgehead atoms. The van der Waals surface area contributed by atoms with Crippen LogP contribution >= 0.6 is 27.5 Å². The molecule has 0 spiro atoms. The van der Waals surface area contributed by atoms with Crippen LogP contribution < -0.4 is 10.6 Å². The van der Waals surface area contributed by atoms with E-state index < -0.39 is 0 Å². The SMILES string of the molecule is O=C(CCCNCc1ccc(Br)c(Cl)c1)NC1CC1. The van der Waals surface area contributed by atoms with E-state index in [-0.39, 0.29) is 5.91 Å². The number of rotatable bonds is 7. The van der Waals surface area contributed by atoms with Gasteiger partial charge in [-0.3, -0.25) is 4.79 Å². The Morgan fingerprint density at radius 1 is 1.42 bits per heavy atom. The van der Waals surface area contributed by atoms with E-state index in [4.69, 9.17) is 11.6 Å². The predicted octanol–water partition coefficient (Wildman–Crippen LogP) is 3.25. The zero-order chi connectivity index (χ0) is 13.7. The Balaban J connectivity index is 1.58. The lowest BCUT2D eigenvalue weighted by atomic mass is 10.2. The van der Waals surface area contributed by atoms with Gasteiger partial charge in [0.2, 0.25) is 5.91 Å². The van der Waals surface area contributed by atoms with Crippen molar-refractivity contribution in [3.63, 3.8) is 0 Å². The number of hydrogen-bond acceptors (Lipinski definition) is 2. The average Bonchev–Trinajstić information content (AvgIpc) is 3.17. The molecular weight excluding hydrogens is 328 g/mol. The van der Waals surface area contributed by atoms with Crippen LogP contribution in [0.25, 0.3) is 0 Å². The molecule has 1 aromatic carbocycles. The Morgan fingerprint density at radius 3 is 2.89 bits per heavy atom. The van der Waals surface area contributed by atoms with Crippen LogP contribution in [-0.4, -0.2) is 18.5 Å². The van der Waals surface area contributed by atoms with Gasteiger partial charge in [0, 0.05) is 23.5 Å². The Bertz CT molecular complexity index is 449. The molecule has 0 heterocycles. The van der Waals surface area contributed by atoms with Gasteiger partial charge in [-0.15, -0.1) is 0 Å². The zero-order valence-electron chi connectivity index (χ0n) is 10.7. The topological polar surface area (TPSA) is 41.1 Å². The fourth-order valence-corrected chi connectivity index (χ4v) is 2.23. The summed E-state index contributed by atoms with van der Waals surface area (Å²) < 4.78 is 0.912. The van der Waals surface area contributed by atoms with Crippen molar-refractivity contribution in [1.29, 1.82) is 0 Å². The van der Waals surface area contributed by atoms with Crippen molar-refractivity contribution >= 4 is 33.4 Å². The lowest BCUT2D eigenvalue weighted by Crippen LogP contribution is -2.26. The average molecular weight is 346 g/mol. The first-order chi connectivity index (χ1) is 9.15. The maximum Gasteiger partial charge on any atom is 0.220 e. The van der Waals surface area contributed by atoms with Gasteiger partial charge in [-0.25, -0.2) is 0 Å². The highest BCUT2D eigenvalue weighted by Crippen LogP contribution is 2.23. The molecule has 1 amide bonds. The van der Waals surface area contributed by atoms with Gasteiger partial charge in [-0.1, -0.05) is 17.7 Å². The zero-order valence-corrected chi connectivity index (χ0v) is 13.1. The molecule has 2 N–H and O–H groups in total. The fourth-order valence-electron chi connectivity index (χ4n) is 1.78. The van der Waals surface area contributed by atoms with Gasteiger partial charge in [0.25, 0.3) is 0 Å². The first kappa shape index (κ1) is 14.8. The minimum atomic E-state index is 0.177. The van der Waals surface area contributed by atoms with Gasteiger partial charge >= 0.3 is 0 Å². The second-order valence-electron chi connectivity index (χ2n) is 4.87. The largest absolute Gasteiger partial charge is 0.353 e. The number of halogens is 2. The van der Waals surface area contributed by atoms with Crippen LogP contribution in [0.1, 0.15) is 31.2 Å². The van der Waals surface area contributed by atoms with Crippen molar-refractivity contribution in [2.45, 2.75) is 38.3 Å². The molecule has 0 unspecified atom stereocenters. The van der Waals surface area contributed by atoms with Crippen molar-refractivity contribution in [3.8, 4) is 0 Å². The molecule has 3 nitrogen and oxygen atoms in total. The molecule has 0 atom stereocenters. The molecule has 0 aliphatic heterocycles. The molecule has 0 saturated heterocycles. The number of carbonyl (C=O) groups excluding carboxylic acids is 1. The molecule has 1 fully saturated rings. The maximum absolute atomic E-state index is 11.4. The van der Waals surface area contributed by atoms with E-state index in [2.05, 4.69) is 26.6 Å². The summed E-state index contributed by atoms with van der Waals surface area (Å²) in [6.07, 6.45) is 3.76. The summed E-state index contributed by atoms with van der Waals surface area (Å²) in [7, 11) is 0. The molecular formula is C14H18BrClN2O. The highest BCUT2D eigenvalue weighted by atomic mass is 79.9. The minimum Gasteiger partial charge on any atom is -0.353 e. The second kappa shape index (κ2) is 7.27. The normalized spacial score (nSPS) is 14.4. The van der Waals surface area contributed by atoms with Gasteiger partial charge in [0.1, 0.15) is 0 Å². The monoisotopic (exact) mass is 344 g/mol. The Morgan fingerprint density at radius 2 is 2.21 bits per heavy atom. The molecule has 5 heteroatoms. The smallest absolute Gasteiger partial charge is 0.220 e. The molecule has 0 radical (unpaired) electrons. The fraction of sp³-hybridized carbons (Fsp3) is 0.500. The maximum atomic E-state index is 11.4. The summed E-state index contributed by atoms with van der Waals surface area (Å²) in [5, 5.41) is 7.03. The Labute approximate surface area is 127 Å².